The second-order valence-corrected chi connectivity index (χ2v) is 2.36. The minimum Gasteiger partial charge on any atom is -0.538 e. The van der Waals surface area contributed by atoms with Crippen LogP contribution in [-0.2, 0) is 0 Å². The Kier molecular flexibility index (Phi) is 1.71. The normalized spacial score (nSPS) is 10.1. The van der Waals surface area contributed by atoms with Crippen molar-refractivity contribution in [2.24, 2.45) is 0 Å². The second-order valence-electron chi connectivity index (χ2n) is 2.36. The van der Waals surface area contributed by atoms with E-state index in [9.17, 15) is 0 Å². The van der Waals surface area contributed by atoms with Gasteiger partial charge in [-0.15, -0.1) is 0 Å². The standard InChI is InChI=1S/C7H7BN2O2/c11-8-12-6-3-5-1-2-9-7(5)10-4-6/h1-4,8,11H,(H,9,10). The molecular weight excluding hydrogens is 155 g/mol. The van der Waals surface area contributed by atoms with E-state index in [4.69, 9.17) is 9.68 Å². The van der Waals surface area contributed by atoms with Crippen molar-refractivity contribution < 1.29 is 9.68 Å². The molecule has 0 saturated heterocycles. The molecule has 0 amide bonds. The van der Waals surface area contributed by atoms with Crippen molar-refractivity contribution in [3.63, 3.8) is 0 Å². The van der Waals surface area contributed by atoms with Crippen molar-refractivity contribution in [2.75, 3.05) is 0 Å². The van der Waals surface area contributed by atoms with Crippen LogP contribution in [0.1, 0.15) is 0 Å². The molecule has 2 aromatic rings. The summed E-state index contributed by atoms with van der Waals surface area (Å²) in [6.07, 6.45) is 3.37. The highest BCUT2D eigenvalue weighted by Gasteiger charge is 1.98. The van der Waals surface area contributed by atoms with Crippen LogP contribution in [0, 0.1) is 0 Å². The van der Waals surface area contributed by atoms with Crippen molar-refractivity contribution >= 4 is 18.7 Å². The van der Waals surface area contributed by atoms with Crippen molar-refractivity contribution in [1.82, 2.24) is 9.97 Å². The highest BCUT2D eigenvalue weighted by Crippen LogP contribution is 2.16. The summed E-state index contributed by atoms with van der Waals surface area (Å²) in [6.45, 7) is 0. The molecule has 0 fully saturated rings. The fourth-order valence-corrected chi connectivity index (χ4v) is 1.07. The van der Waals surface area contributed by atoms with E-state index in [1.54, 1.807) is 12.4 Å². The van der Waals surface area contributed by atoms with E-state index in [0.29, 0.717) is 5.75 Å². The van der Waals surface area contributed by atoms with Crippen LogP contribution in [0.2, 0.25) is 0 Å². The molecule has 0 spiro atoms. The monoisotopic (exact) mass is 162 g/mol. The number of aromatic nitrogens is 2. The summed E-state index contributed by atoms with van der Waals surface area (Å²) < 4.78 is 4.86. The lowest BCUT2D eigenvalue weighted by molar-refractivity contribution is 0.453. The molecule has 60 valence electrons. The van der Waals surface area contributed by atoms with E-state index in [1.165, 1.54) is 0 Å². The Morgan fingerprint density at radius 1 is 1.58 bits per heavy atom. The van der Waals surface area contributed by atoms with Gasteiger partial charge in [-0.1, -0.05) is 0 Å². The van der Waals surface area contributed by atoms with E-state index >= 15 is 0 Å². The highest BCUT2D eigenvalue weighted by atomic mass is 16.5. The molecule has 0 bridgehead atoms. The van der Waals surface area contributed by atoms with Crippen molar-refractivity contribution in [1.29, 1.82) is 0 Å². The van der Waals surface area contributed by atoms with Crippen molar-refractivity contribution in [2.45, 2.75) is 0 Å². The van der Waals surface area contributed by atoms with Gasteiger partial charge in [0.1, 0.15) is 11.4 Å². The maximum Gasteiger partial charge on any atom is 0.504 e. The Morgan fingerprint density at radius 3 is 3.33 bits per heavy atom. The van der Waals surface area contributed by atoms with Gasteiger partial charge in [0.15, 0.2) is 0 Å². The van der Waals surface area contributed by atoms with Gasteiger partial charge in [-0.25, -0.2) is 4.98 Å². The molecule has 2 aromatic heterocycles. The molecule has 0 radical (unpaired) electrons. The van der Waals surface area contributed by atoms with Crippen LogP contribution in [0.5, 0.6) is 5.75 Å². The van der Waals surface area contributed by atoms with Gasteiger partial charge in [0.25, 0.3) is 0 Å². The first-order chi connectivity index (χ1) is 5.90. The molecule has 0 unspecified atom stereocenters. The zero-order valence-corrected chi connectivity index (χ0v) is 6.32. The Labute approximate surface area is 69.5 Å². The lowest BCUT2D eigenvalue weighted by Gasteiger charge is -1.99. The van der Waals surface area contributed by atoms with E-state index in [-0.39, 0.29) is 7.69 Å². The summed E-state index contributed by atoms with van der Waals surface area (Å²) in [5, 5.41) is 9.46. The average Bonchev–Trinajstić information content (AvgIpc) is 2.51. The van der Waals surface area contributed by atoms with Gasteiger partial charge in [0, 0.05) is 11.6 Å². The van der Waals surface area contributed by atoms with Gasteiger partial charge in [-0.3, -0.25) is 0 Å². The Balaban J connectivity index is 2.46. The van der Waals surface area contributed by atoms with Gasteiger partial charge < -0.3 is 14.7 Å². The molecule has 0 aliphatic carbocycles. The van der Waals surface area contributed by atoms with Gasteiger partial charge >= 0.3 is 7.69 Å². The van der Waals surface area contributed by atoms with Crippen LogP contribution >= 0.6 is 0 Å². The summed E-state index contributed by atoms with van der Waals surface area (Å²) in [5.41, 5.74) is 0.820. The number of aromatic amines is 1. The van der Waals surface area contributed by atoms with Crippen LogP contribution in [-0.4, -0.2) is 22.7 Å². The van der Waals surface area contributed by atoms with E-state index < -0.39 is 0 Å². The topological polar surface area (TPSA) is 58.1 Å². The zero-order valence-electron chi connectivity index (χ0n) is 6.32. The maximum absolute atomic E-state index is 8.48. The Morgan fingerprint density at radius 2 is 2.50 bits per heavy atom. The summed E-state index contributed by atoms with van der Waals surface area (Å²) >= 11 is 0. The molecular formula is C7H7BN2O2. The number of hydrogen-bond donors (Lipinski definition) is 2. The smallest absolute Gasteiger partial charge is 0.504 e. The summed E-state index contributed by atoms with van der Waals surface area (Å²) in [7, 11) is -0.322. The minimum absolute atomic E-state index is 0.322. The van der Waals surface area contributed by atoms with Gasteiger partial charge in [-0.05, 0) is 12.1 Å². The van der Waals surface area contributed by atoms with Gasteiger partial charge in [0.05, 0.1) is 6.20 Å². The van der Waals surface area contributed by atoms with Crippen LogP contribution < -0.4 is 4.65 Å². The van der Waals surface area contributed by atoms with Gasteiger partial charge in [0.2, 0.25) is 0 Å². The first-order valence-corrected chi connectivity index (χ1v) is 3.57. The number of nitrogens with zero attached hydrogens (tertiary/aromatic N) is 1. The van der Waals surface area contributed by atoms with Crippen LogP contribution in [0.3, 0.4) is 0 Å². The minimum atomic E-state index is -0.322. The molecule has 0 saturated carbocycles. The molecule has 2 heterocycles. The molecule has 12 heavy (non-hydrogen) atoms. The zero-order chi connectivity index (χ0) is 8.39. The molecule has 4 nitrogen and oxygen atoms in total. The number of nitrogens with one attached hydrogen (secondary N) is 1. The molecule has 0 atom stereocenters. The van der Waals surface area contributed by atoms with Crippen LogP contribution in [0.15, 0.2) is 24.5 Å². The number of rotatable bonds is 2. The van der Waals surface area contributed by atoms with Crippen molar-refractivity contribution in [3.05, 3.63) is 24.5 Å². The number of hydrogen-bond acceptors (Lipinski definition) is 3. The quantitative estimate of drug-likeness (QED) is 0.620. The lowest BCUT2D eigenvalue weighted by Crippen LogP contribution is -1.99. The molecule has 0 aliphatic heterocycles. The third kappa shape index (κ3) is 1.14. The fourth-order valence-electron chi connectivity index (χ4n) is 1.07. The first-order valence-electron chi connectivity index (χ1n) is 3.57. The Hall–Kier alpha value is -1.49. The molecule has 5 heteroatoms. The van der Waals surface area contributed by atoms with Crippen molar-refractivity contribution in [3.8, 4) is 5.75 Å². The molecule has 0 aromatic carbocycles. The maximum atomic E-state index is 8.48. The fraction of sp³-hybridized carbons (Fsp3) is 0. The number of H-pyrrole nitrogens is 1. The first kappa shape index (κ1) is 7.18. The second kappa shape index (κ2) is 2.87. The highest BCUT2D eigenvalue weighted by molar-refractivity contribution is 6.17. The summed E-state index contributed by atoms with van der Waals surface area (Å²) in [5.74, 6) is 0.574. The van der Waals surface area contributed by atoms with E-state index in [0.717, 1.165) is 11.0 Å². The summed E-state index contributed by atoms with van der Waals surface area (Å²) in [6, 6.07) is 3.71. The van der Waals surface area contributed by atoms with E-state index in [1.807, 2.05) is 12.1 Å². The Bertz CT molecular complexity index is 388. The largest absolute Gasteiger partial charge is 0.538 e. The third-order valence-electron chi connectivity index (χ3n) is 1.61. The number of fused-ring (bicyclic) bond motifs is 1. The van der Waals surface area contributed by atoms with E-state index in [2.05, 4.69) is 9.97 Å². The lowest BCUT2D eigenvalue weighted by atomic mass is 10.3. The average molecular weight is 162 g/mol. The van der Waals surface area contributed by atoms with Gasteiger partial charge in [-0.2, -0.15) is 0 Å². The predicted octanol–water partition coefficient (Wildman–Crippen LogP) is 0.201. The number of pyridine rings is 1. The van der Waals surface area contributed by atoms with Crippen LogP contribution in [0.25, 0.3) is 11.0 Å². The molecule has 0 aliphatic rings. The summed E-state index contributed by atoms with van der Waals surface area (Å²) in [4.78, 5) is 7.03. The molecule has 2 rings (SSSR count). The van der Waals surface area contributed by atoms with Crippen LogP contribution in [0.4, 0.5) is 0 Å². The third-order valence-corrected chi connectivity index (χ3v) is 1.61. The predicted molar refractivity (Wildman–Crippen MR) is 46.1 cm³/mol. The molecule has 2 N–H and O–H groups in total. The SMILES string of the molecule is OBOc1cnc2[nH]ccc2c1.